The quantitative estimate of drug-likeness (QED) is 0.229. The fourth-order valence-corrected chi connectivity index (χ4v) is 4.53. The first-order valence-electron chi connectivity index (χ1n) is 12.9. The van der Waals surface area contributed by atoms with Crippen molar-refractivity contribution in [1.29, 1.82) is 0 Å². The van der Waals surface area contributed by atoms with Crippen LogP contribution >= 0.6 is 0 Å². The van der Waals surface area contributed by atoms with E-state index in [2.05, 4.69) is 62.4 Å². The maximum absolute atomic E-state index is 2.29. The highest BCUT2D eigenvalue weighted by Gasteiger charge is 1.99. The molecule has 0 fully saturated rings. The largest absolute Gasteiger partial charge is 0.0620 e. The molecule has 2 aromatic rings. The van der Waals surface area contributed by atoms with Crippen LogP contribution in [0.4, 0.5) is 0 Å². The molecule has 0 atom stereocenters. The van der Waals surface area contributed by atoms with Crippen LogP contribution in [0.5, 0.6) is 0 Å². The molecular weight excluding hydrogens is 360 g/mol. The van der Waals surface area contributed by atoms with Crippen LogP contribution < -0.4 is 0 Å². The second-order valence-electron chi connectivity index (χ2n) is 9.30. The zero-order valence-corrected chi connectivity index (χ0v) is 19.9. The lowest BCUT2D eigenvalue weighted by molar-refractivity contribution is 0.533. The predicted octanol–water partition coefficient (Wildman–Crippen LogP) is 9.55. The van der Waals surface area contributed by atoms with Crippen LogP contribution in [0.15, 0.2) is 48.5 Å². The Labute approximate surface area is 187 Å². The predicted molar refractivity (Wildman–Crippen MR) is 134 cm³/mol. The highest BCUT2D eigenvalue weighted by molar-refractivity contribution is 5.26. The fourth-order valence-electron chi connectivity index (χ4n) is 4.53. The van der Waals surface area contributed by atoms with Crippen molar-refractivity contribution < 1.29 is 0 Å². The Bertz CT molecular complexity index is 610. The molecule has 0 N–H and O–H groups in total. The topological polar surface area (TPSA) is 0 Å². The molecule has 2 rings (SSSR count). The summed E-state index contributed by atoms with van der Waals surface area (Å²) in [5.74, 6) is 0. The van der Waals surface area contributed by atoms with Crippen LogP contribution in [0.1, 0.15) is 112 Å². The summed E-state index contributed by atoms with van der Waals surface area (Å²) in [6.07, 6.45) is 22.5. The highest BCUT2D eigenvalue weighted by Crippen LogP contribution is 2.16. The number of hydrogen-bond donors (Lipinski definition) is 0. The van der Waals surface area contributed by atoms with Crippen LogP contribution in [0.2, 0.25) is 0 Å². The molecule has 0 aliphatic heterocycles. The van der Waals surface area contributed by atoms with Gasteiger partial charge < -0.3 is 0 Å². The van der Waals surface area contributed by atoms with E-state index in [0.717, 1.165) is 0 Å². The maximum atomic E-state index is 2.29. The minimum atomic E-state index is 1.26. The van der Waals surface area contributed by atoms with E-state index in [1.807, 2.05) is 0 Å². The maximum Gasteiger partial charge on any atom is -0.0276 e. The number of aryl methyl sites for hydroxylation is 4. The van der Waals surface area contributed by atoms with Gasteiger partial charge in [0, 0.05) is 0 Å². The Morgan fingerprint density at radius 1 is 0.367 bits per heavy atom. The summed E-state index contributed by atoms with van der Waals surface area (Å²) in [7, 11) is 0. The van der Waals surface area contributed by atoms with Gasteiger partial charge in [0.2, 0.25) is 0 Å². The molecule has 30 heavy (non-hydrogen) atoms. The molecule has 0 nitrogen and oxygen atoms in total. The van der Waals surface area contributed by atoms with Gasteiger partial charge in [-0.05, 0) is 61.8 Å². The third kappa shape index (κ3) is 11.0. The summed E-state index contributed by atoms with van der Waals surface area (Å²) in [5, 5.41) is 0. The Kier molecular flexibility index (Phi) is 13.3. The van der Waals surface area contributed by atoms with E-state index in [1.54, 1.807) is 11.1 Å². The van der Waals surface area contributed by atoms with Crippen molar-refractivity contribution in [2.24, 2.45) is 0 Å². The lowest BCUT2D eigenvalue weighted by Gasteiger charge is -2.06. The molecule has 0 unspecified atom stereocenters. The fraction of sp³-hybridized carbons (Fsp3) is 0.600. The molecule has 0 aliphatic carbocycles. The van der Waals surface area contributed by atoms with Gasteiger partial charge in [-0.2, -0.15) is 0 Å². The minimum Gasteiger partial charge on any atom is -0.0620 e. The van der Waals surface area contributed by atoms with Crippen molar-refractivity contribution in [2.45, 2.75) is 117 Å². The van der Waals surface area contributed by atoms with Crippen molar-refractivity contribution in [1.82, 2.24) is 0 Å². The van der Waals surface area contributed by atoms with Crippen molar-refractivity contribution in [3.8, 4) is 0 Å². The van der Waals surface area contributed by atoms with Crippen molar-refractivity contribution >= 4 is 0 Å². The zero-order chi connectivity index (χ0) is 21.3. The van der Waals surface area contributed by atoms with E-state index in [9.17, 15) is 0 Å². The SMILES string of the molecule is Cc1ccccc1CCCCCCCCCCCCCCCCc1ccccc1C. The van der Waals surface area contributed by atoms with Gasteiger partial charge in [0.1, 0.15) is 0 Å². The molecule has 0 amide bonds. The standard InChI is InChI=1S/C30H46/c1-27-21-17-19-25-29(27)23-15-13-11-9-7-5-3-4-6-8-10-12-14-16-24-30-26-20-18-22-28(30)2/h17-22,25-26H,3-16,23-24H2,1-2H3. The molecule has 0 radical (unpaired) electrons. The van der Waals surface area contributed by atoms with E-state index in [0.29, 0.717) is 0 Å². The van der Waals surface area contributed by atoms with Crippen molar-refractivity contribution in [3.63, 3.8) is 0 Å². The molecule has 166 valence electrons. The number of hydrogen-bond acceptors (Lipinski definition) is 0. The van der Waals surface area contributed by atoms with Gasteiger partial charge in [-0.1, -0.05) is 126 Å². The summed E-state index contributed by atoms with van der Waals surface area (Å²) in [6, 6.07) is 17.7. The molecule has 0 bridgehead atoms. The molecule has 0 heteroatoms. The average molecular weight is 407 g/mol. The van der Waals surface area contributed by atoms with Gasteiger partial charge in [0.25, 0.3) is 0 Å². The Balaban J connectivity index is 1.29. The zero-order valence-electron chi connectivity index (χ0n) is 19.9. The van der Waals surface area contributed by atoms with Gasteiger partial charge in [0.15, 0.2) is 0 Å². The molecule has 0 saturated heterocycles. The van der Waals surface area contributed by atoms with Crippen LogP contribution in [0.3, 0.4) is 0 Å². The Hall–Kier alpha value is -1.56. The molecule has 0 spiro atoms. The van der Waals surface area contributed by atoms with E-state index < -0.39 is 0 Å². The normalized spacial score (nSPS) is 11.1. The number of rotatable bonds is 17. The monoisotopic (exact) mass is 406 g/mol. The van der Waals surface area contributed by atoms with Crippen molar-refractivity contribution in [3.05, 3.63) is 70.8 Å². The van der Waals surface area contributed by atoms with E-state index >= 15 is 0 Å². The average Bonchev–Trinajstić information content (AvgIpc) is 2.76. The van der Waals surface area contributed by atoms with Crippen molar-refractivity contribution in [2.75, 3.05) is 0 Å². The van der Waals surface area contributed by atoms with Gasteiger partial charge in [-0.25, -0.2) is 0 Å². The summed E-state index contributed by atoms with van der Waals surface area (Å²) >= 11 is 0. The summed E-state index contributed by atoms with van der Waals surface area (Å²) in [6.45, 7) is 4.48. The minimum absolute atomic E-state index is 1.26. The van der Waals surface area contributed by atoms with Gasteiger partial charge in [-0.3, -0.25) is 0 Å². The molecule has 0 heterocycles. The van der Waals surface area contributed by atoms with Gasteiger partial charge >= 0.3 is 0 Å². The first kappa shape index (κ1) is 24.7. The lowest BCUT2D eigenvalue weighted by Crippen LogP contribution is -1.90. The number of unbranched alkanes of at least 4 members (excludes halogenated alkanes) is 13. The second kappa shape index (κ2) is 16.2. The second-order valence-corrected chi connectivity index (χ2v) is 9.30. The summed E-state index contributed by atoms with van der Waals surface area (Å²) in [4.78, 5) is 0. The van der Waals surface area contributed by atoms with Gasteiger partial charge in [-0.15, -0.1) is 0 Å². The van der Waals surface area contributed by atoms with E-state index in [1.165, 1.54) is 114 Å². The summed E-state index contributed by atoms with van der Waals surface area (Å²) in [5.41, 5.74) is 6.01. The molecule has 0 aromatic heterocycles. The summed E-state index contributed by atoms with van der Waals surface area (Å²) < 4.78 is 0. The molecular formula is C30H46. The third-order valence-electron chi connectivity index (χ3n) is 6.66. The Morgan fingerprint density at radius 3 is 0.933 bits per heavy atom. The first-order valence-corrected chi connectivity index (χ1v) is 12.9. The van der Waals surface area contributed by atoms with Crippen LogP contribution in [-0.4, -0.2) is 0 Å². The van der Waals surface area contributed by atoms with Gasteiger partial charge in [0.05, 0.1) is 0 Å². The first-order chi connectivity index (χ1) is 14.8. The van der Waals surface area contributed by atoms with Crippen LogP contribution in [0, 0.1) is 13.8 Å². The van der Waals surface area contributed by atoms with Crippen LogP contribution in [0.25, 0.3) is 0 Å². The molecule has 0 aliphatic rings. The number of benzene rings is 2. The Morgan fingerprint density at radius 2 is 0.633 bits per heavy atom. The third-order valence-corrected chi connectivity index (χ3v) is 6.66. The smallest absolute Gasteiger partial charge is 0.0276 e. The van der Waals surface area contributed by atoms with E-state index in [-0.39, 0.29) is 0 Å². The molecule has 0 saturated carbocycles. The lowest BCUT2D eigenvalue weighted by atomic mass is 10.00. The van der Waals surface area contributed by atoms with E-state index in [4.69, 9.17) is 0 Å². The van der Waals surface area contributed by atoms with Crippen LogP contribution in [-0.2, 0) is 12.8 Å². The highest BCUT2D eigenvalue weighted by atomic mass is 14.0. The molecule has 2 aromatic carbocycles.